The standard InChI is InChI=1S/C12H9NO4/c1-8(14)11-5-6-12(17-11)9-3-2-4-10(7-9)13(15)16/h2-7H,1H3. The maximum Gasteiger partial charge on any atom is 0.270 e. The Kier molecular flexibility index (Phi) is 2.74. The van der Waals surface area contributed by atoms with E-state index >= 15 is 0 Å². The van der Waals surface area contributed by atoms with Crippen molar-refractivity contribution in [2.45, 2.75) is 6.92 Å². The lowest BCUT2D eigenvalue weighted by atomic mass is 10.1. The fraction of sp³-hybridized carbons (Fsp3) is 0.0833. The smallest absolute Gasteiger partial charge is 0.270 e. The van der Waals surface area contributed by atoms with Crippen LogP contribution in [0.3, 0.4) is 0 Å². The molecule has 0 N–H and O–H groups in total. The molecule has 0 aliphatic heterocycles. The van der Waals surface area contributed by atoms with Gasteiger partial charge in [-0.3, -0.25) is 14.9 Å². The van der Waals surface area contributed by atoms with Gasteiger partial charge in [-0.2, -0.15) is 0 Å². The average Bonchev–Trinajstić information content (AvgIpc) is 2.78. The molecule has 0 amide bonds. The third-order valence-electron chi connectivity index (χ3n) is 2.29. The van der Waals surface area contributed by atoms with E-state index in [1.807, 2.05) is 0 Å². The molecule has 0 atom stereocenters. The first-order chi connectivity index (χ1) is 8.08. The summed E-state index contributed by atoms with van der Waals surface area (Å²) in [6.07, 6.45) is 0. The fourth-order valence-corrected chi connectivity index (χ4v) is 1.45. The van der Waals surface area contributed by atoms with Crippen molar-refractivity contribution in [3.05, 3.63) is 52.3 Å². The number of benzene rings is 1. The molecule has 17 heavy (non-hydrogen) atoms. The Hall–Kier alpha value is -2.43. The van der Waals surface area contributed by atoms with Crippen molar-refractivity contribution in [3.8, 4) is 11.3 Å². The SMILES string of the molecule is CC(=O)c1ccc(-c2cccc([N+](=O)[O-])c2)o1. The van der Waals surface area contributed by atoms with Gasteiger partial charge < -0.3 is 4.42 Å². The van der Waals surface area contributed by atoms with Crippen molar-refractivity contribution in [1.29, 1.82) is 0 Å². The van der Waals surface area contributed by atoms with E-state index in [4.69, 9.17) is 4.42 Å². The lowest BCUT2D eigenvalue weighted by Crippen LogP contribution is -1.88. The van der Waals surface area contributed by atoms with E-state index in [9.17, 15) is 14.9 Å². The zero-order valence-electron chi connectivity index (χ0n) is 9.04. The number of hydrogen-bond acceptors (Lipinski definition) is 4. The van der Waals surface area contributed by atoms with Crippen LogP contribution in [-0.4, -0.2) is 10.7 Å². The van der Waals surface area contributed by atoms with Crippen LogP contribution >= 0.6 is 0 Å². The molecule has 1 heterocycles. The van der Waals surface area contributed by atoms with Gasteiger partial charge in [0.05, 0.1) is 4.92 Å². The number of nitrogens with zero attached hydrogens (tertiary/aromatic N) is 1. The Morgan fingerprint density at radius 1 is 1.29 bits per heavy atom. The largest absolute Gasteiger partial charge is 0.453 e. The van der Waals surface area contributed by atoms with Crippen molar-refractivity contribution in [2.75, 3.05) is 0 Å². The van der Waals surface area contributed by atoms with E-state index in [-0.39, 0.29) is 17.2 Å². The van der Waals surface area contributed by atoms with Gasteiger partial charge in [0.15, 0.2) is 11.5 Å². The second-order valence-corrected chi connectivity index (χ2v) is 3.53. The first-order valence-corrected chi connectivity index (χ1v) is 4.93. The van der Waals surface area contributed by atoms with Crippen LogP contribution in [0.1, 0.15) is 17.5 Å². The molecule has 0 spiro atoms. The number of carbonyl (C=O) groups excluding carboxylic acids is 1. The highest BCUT2D eigenvalue weighted by Crippen LogP contribution is 2.25. The predicted octanol–water partition coefficient (Wildman–Crippen LogP) is 3.06. The molecule has 86 valence electrons. The van der Waals surface area contributed by atoms with Gasteiger partial charge in [0.2, 0.25) is 0 Å². The summed E-state index contributed by atoms with van der Waals surface area (Å²) in [6.45, 7) is 1.40. The zero-order valence-corrected chi connectivity index (χ0v) is 9.04. The molecule has 5 heteroatoms. The highest BCUT2D eigenvalue weighted by Gasteiger charge is 2.11. The van der Waals surface area contributed by atoms with Crippen LogP contribution in [0.4, 0.5) is 5.69 Å². The van der Waals surface area contributed by atoms with Crippen molar-refractivity contribution in [3.63, 3.8) is 0 Å². The lowest BCUT2D eigenvalue weighted by Gasteiger charge is -1.96. The van der Waals surface area contributed by atoms with Crippen LogP contribution < -0.4 is 0 Å². The van der Waals surface area contributed by atoms with Crippen LogP contribution in [0.5, 0.6) is 0 Å². The van der Waals surface area contributed by atoms with E-state index in [1.54, 1.807) is 24.3 Å². The van der Waals surface area contributed by atoms with Crippen molar-refractivity contribution >= 4 is 11.5 Å². The van der Waals surface area contributed by atoms with E-state index in [1.165, 1.54) is 19.1 Å². The van der Waals surface area contributed by atoms with Gasteiger partial charge in [-0.1, -0.05) is 12.1 Å². The minimum absolute atomic E-state index is 0.0109. The molecular weight excluding hydrogens is 222 g/mol. The van der Waals surface area contributed by atoms with Crippen LogP contribution in [-0.2, 0) is 0 Å². The third kappa shape index (κ3) is 2.23. The van der Waals surface area contributed by atoms with Gasteiger partial charge in [0, 0.05) is 24.6 Å². The monoisotopic (exact) mass is 231 g/mol. The Balaban J connectivity index is 2.42. The van der Waals surface area contributed by atoms with Crippen molar-refractivity contribution in [1.82, 2.24) is 0 Å². The molecule has 1 aromatic carbocycles. The molecule has 5 nitrogen and oxygen atoms in total. The molecule has 0 fully saturated rings. The summed E-state index contributed by atoms with van der Waals surface area (Å²) in [5.41, 5.74) is 0.565. The topological polar surface area (TPSA) is 73.3 Å². The van der Waals surface area contributed by atoms with E-state index in [0.717, 1.165) is 0 Å². The predicted molar refractivity (Wildman–Crippen MR) is 60.8 cm³/mol. The van der Waals surface area contributed by atoms with E-state index in [0.29, 0.717) is 11.3 Å². The molecular formula is C12H9NO4. The molecule has 0 bridgehead atoms. The number of hydrogen-bond donors (Lipinski definition) is 0. The number of carbonyl (C=O) groups is 1. The first kappa shape index (κ1) is 11.1. The molecule has 0 radical (unpaired) electrons. The van der Waals surface area contributed by atoms with Crippen LogP contribution in [0.15, 0.2) is 40.8 Å². The van der Waals surface area contributed by atoms with Crippen molar-refractivity contribution in [2.24, 2.45) is 0 Å². The Morgan fingerprint density at radius 2 is 2.06 bits per heavy atom. The van der Waals surface area contributed by atoms with Gasteiger partial charge >= 0.3 is 0 Å². The van der Waals surface area contributed by atoms with Gasteiger partial charge in [0.25, 0.3) is 5.69 Å². The molecule has 0 aliphatic rings. The second-order valence-electron chi connectivity index (χ2n) is 3.53. The average molecular weight is 231 g/mol. The van der Waals surface area contributed by atoms with E-state index in [2.05, 4.69) is 0 Å². The molecule has 0 unspecified atom stereocenters. The number of ketones is 1. The summed E-state index contributed by atoms with van der Waals surface area (Å²) >= 11 is 0. The maximum atomic E-state index is 11.1. The summed E-state index contributed by atoms with van der Waals surface area (Å²) in [5, 5.41) is 10.6. The summed E-state index contributed by atoms with van der Waals surface area (Å²) in [5.74, 6) is 0.507. The van der Waals surface area contributed by atoms with Crippen molar-refractivity contribution < 1.29 is 14.1 Å². The Bertz CT molecular complexity index is 586. The zero-order chi connectivity index (χ0) is 12.4. The Labute approximate surface area is 96.8 Å². The Morgan fingerprint density at radius 3 is 2.65 bits per heavy atom. The number of furan rings is 1. The van der Waals surface area contributed by atoms with Gasteiger partial charge in [0.1, 0.15) is 5.76 Å². The third-order valence-corrected chi connectivity index (χ3v) is 2.29. The van der Waals surface area contributed by atoms with Gasteiger partial charge in [-0.05, 0) is 12.1 Å². The van der Waals surface area contributed by atoms with Gasteiger partial charge in [-0.15, -0.1) is 0 Å². The van der Waals surface area contributed by atoms with Crippen LogP contribution in [0.2, 0.25) is 0 Å². The number of Topliss-reactive ketones (excluding diaryl/α,β-unsaturated/α-hetero) is 1. The molecule has 2 aromatic rings. The van der Waals surface area contributed by atoms with E-state index < -0.39 is 4.92 Å². The summed E-state index contributed by atoms with van der Waals surface area (Å²) < 4.78 is 5.29. The highest BCUT2D eigenvalue weighted by atomic mass is 16.6. The molecule has 1 aromatic heterocycles. The molecule has 0 aliphatic carbocycles. The minimum atomic E-state index is -0.474. The number of non-ortho nitro benzene ring substituents is 1. The lowest BCUT2D eigenvalue weighted by molar-refractivity contribution is -0.384. The fourth-order valence-electron chi connectivity index (χ4n) is 1.45. The minimum Gasteiger partial charge on any atom is -0.453 e. The number of rotatable bonds is 3. The normalized spacial score (nSPS) is 10.2. The first-order valence-electron chi connectivity index (χ1n) is 4.93. The van der Waals surface area contributed by atoms with Crippen LogP contribution in [0, 0.1) is 10.1 Å². The molecule has 0 saturated carbocycles. The quantitative estimate of drug-likeness (QED) is 0.462. The van der Waals surface area contributed by atoms with Crippen LogP contribution in [0.25, 0.3) is 11.3 Å². The second kappa shape index (κ2) is 4.21. The maximum absolute atomic E-state index is 11.1. The summed E-state index contributed by atoms with van der Waals surface area (Å²) in [7, 11) is 0. The highest BCUT2D eigenvalue weighted by molar-refractivity contribution is 5.91. The summed E-state index contributed by atoms with van der Waals surface area (Å²) in [6, 6.07) is 9.24. The van der Waals surface area contributed by atoms with Gasteiger partial charge in [-0.25, -0.2) is 0 Å². The number of nitro groups is 1. The number of nitro benzene ring substituents is 1. The molecule has 0 saturated heterocycles. The molecule has 2 rings (SSSR count). The summed E-state index contributed by atoms with van der Waals surface area (Å²) in [4.78, 5) is 21.2.